The van der Waals surface area contributed by atoms with E-state index in [0.717, 1.165) is 4.47 Å². The summed E-state index contributed by atoms with van der Waals surface area (Å²) >= 11 is 3.27. The van der Waals surface area contributed by atoms with Crippen LogP contribution in [0.15, 0.2) is 35.1 Å². The van der Waals surface area contributed by atoms with Crippen molar-refractivity contribution >= 4 is 21.9 Å². The van der Waals surface area contributed by atoms with Crippen molar-refractivity contribution in [2.75, 3.05) is 0 Å². The van der Waals surface area contributed by atoms with Crippen LogP contribution in [0.4, 0.5) is 0 Å². The van der Waals surface area contributed by atoms with Gasteiger partial charge in [0.05, 0.1) is 0 Å². The number of hydrogen-bond acceptors (Lipinski definition) is 3. The van der Waals surface area contributed by atoms with Gasteiger partial charge in [-0.2, -0.15) is 0 Å². The molecule has 1 aromatic heterocycles. The zero-order valence-corrected chi connectivity index (χ0v) is 10.5. The number of carboxylic acid groups (broad SMARTS) is 1. The number of halogens is 1. The van der Waals surface area contributed by atoms with Crippen molar-refractivity contribution in [3.05, 3.63) is 40.6 Å². The number of nitrogens with zero attached hydrogens (tertiary/aromatic N) is 2. The van der Waals surface area contributed by atoms with Crippen LogP contribution in [0.2, 0.25) is 0 Å². The molecule has 5 nitrogen and oxygen atoms in total. The van der Waals surface area contributed by atoms with E-state index in [0.29, 0.717) is 6.01 Å². The molecule has 2 rings (SSSR count). The molecule has 0 saturated carbocycles. The van der Waals surface area contributed by atoms with Crippen LogP contribution < -0.4 is 4.74 Å². The van der Waals surface area contributed by atoms with Crippen LogP contribution in [-0.2, 0) is 7.05 Å². The second-order valence-electron chi connectivity index (χ2n) is 3.37. The van der Waals surface area contributed by atoms with Crippen molar-refractivity contribution in [1.29, 1.82) is 0 Å². The largest absolute Gasteiger partial charge is 0.478 e. The number of benzene rings is 1. The fourth-order valence-corrected chi connectivity index (χ4v) is 1.65. The Kier molecular flexibility index (Phi) is 3.14. The standard InChI is InChI=1S/C11H9BrN2O3/c1-14-5-4-13-11(14)17-9-6-7(12)2-3-8(9)10(15)16/h2-6H,1H3,(H,15,16). The van der Waals surface area contributed by atoms with Gasteiger partial charge >= 0.3 is 12.0 Å². The average Bonchev–Trinajstić information content (AvgIpc) is 2.64. The van der Waals surface area contributed by atoms with E-state index in [1.807, 2.05) is 0 Å². The third kappa shape index (κ3) is 2.47. The van der Waals surface area contributed by atoms with E-state index < -0.39 is 5.97 Å². The Bertz CT molecular complexity index is 566. The Morgan fingerprint density at radius 3 is 2.88 bits per heavy atom. The molecule has 0 saturated heterocycles. The summed E-state index contributed by atoms with van der Waals surface area (Å²) in [5.74, 6) is -0.789. The lowest BCUT2D eigenvalue weighted by Gasteiger charge is -2.08. The zero-order valence-electron chi connectivity index (χ0n) is 8.92. The lowest BCUT2D eigenvalue weighted by molar-refractivity contribution is 0.0694. The molecule has 0 spiro atoms. The van der Waals surface area contributed by atoms with Gasteiger partial charge in [-0.05, 0) is 18.2 Å². The van der Waals surface area contributed by atoms with Gasteiger partial charge in [0.1, 0.15) is 11.3 Å². The van der Waals surface area contributed by atoms with Crippen molar-refractivity contribution in [2.45, 2.75) is 0 Å². The molecule has 0 fully saturated rings. The maximum atomic E-state index is 11.0. The number of ether oxygens (including phenoxy) is 1. The molecule has 1 aromatic carbocycles. The number of imidazole rings is 1. The van der Waals surface area contributed by atoms with Crippen molar-refractivity contribution in [1.82, 2.24) is 9.55 Å². The second kappa shape index (κ2) is 4.58. The molecule has 1 N–H and O–H groups in total. The fraction of sp³-hybridized carbons (Fsp3) is 0.0909. The van der Waals surface area contributed by atoms with Gasteiger partial charge in [-0.15, -0.1) is 0 Å². The Morgan fingerprint density at radius 2 is 2.29 bits per heavy atom. The maximum Gasteiger partial charge on any atom is 0.339 e. The normalized spacial score (nSPS) is 10.2. The van der Waals surface area contributed by atoms with E-state index in [2.05, 4.69) is 20.9 Å². The summed E-state index contributed by atoms with van der Waals surface area (Å²) in [7, 11) is 1.76. The van der Waals surface area contributed by atoms with Gasteiger partial charge < -0.3 is 14.4 Å². The van der Waals surface area contributed by atoms with Crippen LogP contribution in [-0.4, -0.2) is 20.6 Å². The molecule has 0 aliphatic carbocycles. The van der Waals surface area contributed by atoms with Gasteiger partial charge in [0, 0.05) is 23.9 Å². The average molecular weight is 297 g/mol. The first-order valence-electron chi connectivity index (χ1n) is 4.76. The monoisotopic (exact) mass is 296 g/mol. The minimum Gasteiger partial charge on any atom is -0.478 e. The Hall–Kier alpha value is -1.82. The number of aromatic carboxylic acids is 1. The molecule has 0 radical (unpaired) electrons. The summed E-state index contributed by atoms with van der Waals surface area (Å²) in [6.45, 7) is 0. The molecular formula is C11H9BrN2O3. The molecule has 0 atom stereocenters. The second-order valence-corrected chi connectivity index (χ2v) is 4.28. The SMILES string of the molecule is Cn1ccnc1Oc1cc(Br)ccc1C(=O)O. The van der Waals surface area contributed by atoms with E-state index in [4.69, 9.17) is 9.84 Å². The van der Waals surface area contributed by atoms with Crippen LogP contribution in [0, 0.1) is 0 Å². The number of aromatic nitrogens is 2. The molecule has 6 heteroatoms. The molecule has 0 amide bonds. The van der Waals surface area contributed by atoms with Crippen molar-refractivity contribution in [3.8, 4) is 11.8 Å². The summed E-state index contributed by atoms with van der Waals surface area (Å²) in [5.41, 5.74) is 0.0937. The van der Waals surface area contributed by atoms with Crippen molar-refractivity contribution < 1.29 is 14.6 Å². The molecule has 0 unspecified atom stereocenters. The minimum atomic E-state index is -1.04. The Morgan fingerprint density at radius 1 is 1.53 bits per heavy atom. The Labute approximate surface area is 106 Å². The van der Waals surface area contributed by atoms with E-state index in [-0.39, 0.29) is 11.3 Å². The molecule has 2 aromatic rings. The third-order valence-corrected chi connectivity index (χ3v) is 2.65. The third-order valence-electron chi connectivity index (χ3n) is 2.15. The first-order valence-corrected chi connectivity index (χ1v) is 5.55. The highest BCUT2D eigenvalue weighted by molar-refractivity contribution is 9.10. The van der Waals surface area contributed by atoms with Gasteiger partial charge in [-0.3, -0.25) is 0 Å². The molecule has 17 heavy (non-hydrogen) atoms. The number of aryl methyl sites for hydroxylation is 1. The smallest absolute Gasteiger partial charge is 0.339 e. The van der Waals surface area contributed by atoms with Gasteiger partial charge in [0.25, 0.3) is 0 Å². The maximum absolute atomic E-state index is 11.0. The first kappa shape index (κ1) is 11.7. The fourth-order valence-electron chi connectivity index (χ4n) is 1.31. The lowest BCUT2D eigenvalue weighted by Crippen LogP contribution is -2.02. The summed E-state index contributed by atoms with van der Waals surface area (Å²) in [5, 5.41) is 9.03. The summed E-state index contributed by atoms with van der Waals surface area (Å²) < 4.78 is 7.87. The van der Waals surface area contributed by atoms with Gasteiger partial charge in [0.15, 0.2) is 0 Å². The van der Waals surface area contributed by atoms with E-state index >= 15 is 0 Å². The van der Waals surface area contributed by atoms with E-state index in [1.54, 1.807) is 36.1 Å². The highest BCUT2D eigenvalue weighted by Gasteiger charge is 2.14. The number of carbonyl (C=O) groups is 1. The van der Waals surface area contributed by atoms with Gasteiger partial charge in [-0.25, -0.2) is 9.78 Å². The van der Waals surface area contributed by atoms with Crippen molar-refractivity contribution in [3.63, 3.8) is 0 Å². The van der Waals surface area contributed by atoms with Gasteiger partial charge in [-0.1, -0.05) is 15.9 Å². The topological polar surface area (TPSA) is 64.4 Å². The molecule has 88 valence electrons. The number of rotatable bonds is 3. The first-order chi connectivity index (χ1) is 8.08. The van der Waals surface area contributed by atoms with Crippen LogP contribution in [0.3, 0.4) is 0 Å². The number of hydrogen-bond donors (Lipinski definition) is 1. The summed E-state index contributed by atoms with van der Waals surface area (Å²) in [4.78, 5) is 15.0. The predicted molar refractivity (Wildman–Crippen MR) is 64.4 cm³/mol. The highest BCUT2D eigenvalue weighted by Crippen LogP contribution is 2.27. The quantitative estimate of drug-likeness (QED) is 0.946. The van der Waals surface area contributed by atoms with Crippen molar-refractivity contribution in [2.24, 2.45) is 7.05 Å². The van der Waals surface area contributed by atoms with Crippen LogP contribution >= 0.6 is 15.9 Å². The minimum absolute atomic E-state index is 0.0937. The summed E-state index contributed by atoms with van der Waals surface area (Å²) in [6, 6.07) is 5.06. The van der Waals surface area contributed by atoms with Crippen LogP contribution in [0.25, 0.3) is 0 Å². The molecular weight excluding hydrogens is 288 g/mol. The molecule has 1 heterocycles. The Balaban J connectivity index is 2.41. The predicted octanol–water partition coefficient (Wildman–Crippen LogP) is 2.67. The van der Waals surface area contributed by atoms with Gasteiger partial charge in [0.2, 0.25) is 0 Å². The summed E-state index contributed by atoms with van der Waals surface area (Å²) in [6.07, 6.45) is 3.29. The number of carboxylic acids is 1. The lowest BCUT2D eigenvalue weighted by atomic mass is 10.2. The van der Waals surface area contributed by atoms with Crippen LogP contribution in [0.1, 0.15) is 10.4 Å². The van der Waals surface area contributed by atoms with E-state index in [9.17, 15) is 4.79 Å². The molecule has 0 aliphatic rings. The van der Waals surface area contributed by atoms with E-state index in [1.165, 1.54) is 6.07 Å². The molecule has 0 bridgehead atoms. The van der Waals surface area contributed by atoms with Crippen LogP contribution in [0.5, 0.6) is 11.8 Å². The highest BCUT2D eigenvalue weighted by atomic mass is 79.9. The molecule has 0 aliphatic heterocycles. The zero-order chi connectivity index (χ0) is 12.4.